The van der Waals surface area contributed by atoms with Crippen molar-refractivity contribution in [3.63, 3.8) is 0 Å². The molecule has 5 nitrogen and oxygen atoms in total. The molecule has 2 fully saturated rings. The third kappa shape index (κ3) is 3.14. The van der Waals surface area contributed by atoms with Crippen molar-refractivity contribution < 1.29 is 14.3 Å². The summed E-state index contributed by atoms with van der Waals surface area (Å²) >= 11 is 0. The number of likely N-dealkylation sites (tertiary alicyclic amines) is 1. The van der Waals surface area contributed by atoms with Crippen LogP contribution in [0.3, 0.4) is 0 Å². The molecule has 0 aromatic heterocycles. The smallest absolute Gasteiger partial charge is 0.410 e. The number of carbonyl (C=O) groups is 1. The van der Waals surface area contributed by atoms with Crippen LogP contribution in [0, 0.1) is 0 Å². The maximum absolute atomic E-state index is 11.9. The van der Waals surface area contributed by atoms with Crippen LogP contribution in [-0.2, 0) is 9.47 Å². The molecule has 0 aliphatic carbocycles. The van der Waals surface area contributed by atoms with E-state index < -0.39 is 5.60 Å². The molecular weight excluding hydrogens is 232 g/mol. The van der Waals surface area contributed by atoms with Gasteiger partial charge >= 0.3 is 6.09 Å². The quantitative estimate of drug-likeness (QED) is 0.717. The highest BCUT2D eigenvalue weighted by Crippen LogP contribution is 2.31. The minimum Gasteiger partial charge on any atom is -0.444 e. The lowest BCUT2D eigenvalue weighted by Gasteiger charge is -2.38. The number of ether oxygens (including phenoxy) is 2. The van der Waals surface area contributed by atoms with Crippen LogP contribution in [0.15, 0.2) is 0 Å². The van der Waals surface area contributed by atoms with Crippen LogP contribution >= 0.6 is 0 Å². The topological polar surface area (TPSA) is 50.8 Å². The summed E-state index contributed by atoms with van der Waals surface area (Å²) in [5.41, 5.74) is -0.496. The fraction of sp³-hybridized carbons (Fsp3) is 0.923. The Bertz CT molecular complexity index is 317. The predicted octanol–water partition coefficient (Wildman–Crippen LogP) is 1.72. The Morgan fingerprint density at radius 3 is 2.44 bits per heavy atom. The number of nitrogens with zero attached hydrogens (tertiary/aromatic N) is 1. The van der Waals surface area contributed by atoms with Gasteiger partial charge < -0.3 is 14.4 Å². The molecule has 5 heteroatoms. The first kappa shape index (κ1) is 13.6. The van der Waals surface area contributed by atoms with Crippen molar-refractivity contribution in [3.8, 4) is 0 Å². The number of amides is 1. The van der Waals surface area contributed by atoms with Gasteiger partial charge in [-0.15, -0.1) is 0 Å². The van der Waals surface area contributed by atoms with E-state index in [1.807, 2.05) is 27.7 Å². The van der Waals surface area contributed by atoms with Gasteiger partial charge in [-0.25, -0.2) is 4.79 Å². The molecule has 2 aliphatic heterocycles. The Morgan fingerprint density at radius 1 is 1.39 bits per heavy atom. The molecule has 0 bridgehead atoms. The normalized spacial score (nSPS) is 27.6. The minimum absolute atomic E-state index is 0.0715. The molecule has 18 heavy (non-hydrogen) atoms. The number of nitrogens with one attached hydrogen (secondary N) is 1. The molecule has 0 saturated carbocycles. The van der Waals surface area contributed by atoms with Gasteiger partial charge in [-0.1, -0.05) is 0 Å². The van der Waals surface area contributed by atoms with E-state index >= 15 is 0 Å². The molecule has 2 saturated heterocycles. The van der Waals surface area contributed by atoms with Crippen molar-refractivity contribution in [2.45, 2.75) is 58.0 Å². The minimum atomic E-state index is -0.424. The zero-order chi connectivity index (χ0) is 13.4. The second-order valence-electron chi connectivity index (χ2n) is 6.29. The summed E-state index contributed by atoms with van der Waals surface area (Å²) < 4.78 is 11.3. The van der Waals surface area contributed by atoms with E-state index in [1.165, 1.54) is 0 Å². The summed E-state index contributed by atoms with van der Waals surface area (Å²) in [6.45, 7) is 10.0. The maximum Gasteiger partial charge on any atom is 0.410 e. The molecule has 1 N–H and O–H groups in total. The van der Waals surface area contributed by atoms with Crippen LogP contribution in [0.4, 0.5) is 4.79 Å². The third-order valence-corrected chi connectivity index (χ3v) is 3.46. The van der Waals surface area contributed by atoms with Gasteiger partial charge in [0, 0.05) is 19.6 Å². The Balaban J connectivity index is 1.85. The van der Waals surface area contributed by atoms with E-state index in [0.29, 0.717) is 13.1 Å². The van der Waals surface area contributed by atoms with Gasteiger partial charge in [-0.2, -0.15) is 0 Å². The standard InChI is InChI=1S/C13H24N2O3/c1-10-14-9-13(17-10)5-7-15(8-6-13)11(16)18-12(2,3)4/h10,14H,5-9H2,1-4H3. The van der Waals surface area contributed by atoms with Crippen molar-refractivity contribution >= 4 is 6.09 Å². The third-order valence-electron chi connectivity index (χ3n) is 3.46. The molecule has 1 spiro atoms. The predicted molar refractivity (Wildman–Crippen MR) is 68.3 cm³/mol. The highest BCUT2D eigenvalue weighted by molar-refractivity contribution is 5.68. The number of hydrogen-bond acceptors (Lipinski definition) is 4. The zero-order valence-electron chi connectivity index (χ0n) is 11.8. The molecule has 2 aliphatic rings. The van der Waals surface area contributed by atoms with Gasteiger partial charge in [0.1, 0.15) is 11.8 Å². The second-order valence-corrected chi connectivity index (χ2v) is 6.29. The van der Waals surface area contributed by atoms with Crippen molar-refractivity contribution in [1.29, 1.82) is 0 Å². The maximum atomic E-state index is 11.9. The van der Waals surface area contributed by atoms with Crippen LogP contribution in [0.5, 0.6) is 0 Å². The summed E-state index contributed by atoms with van der Waals surface area (Å²) in [6, 6.07) is 0. The van der Waals surface area contributed by atoms with Crippen molar-refractivity contribution in [2.24, 2.45) is 0 Å². The average Bonchev–Trinajstić information content (AvgIpc) is 2.58. The molecule has 0 aromatic rings. The highest BCUT2D eigenvalue weighted by Gasteiger charge is 2.42. The lowest BCUT2D eigenvalue weighted by molar-refractivity contribution is -0.0689. The number of hydrogen-bond donors (Lipinski definition) is 1. The fourth-order valence-electron chi connectivity index (χ4n) is 2.51. The average molecular weight is 256 g/mol. The Labute approximate surface area is 109 Å². The van der Waals surface area contributed by atoms with Crippen molar-refractivity contribution in [2.75, 3.05) is 19.6 Å². The molecular formula is C13H24N2O3. The summed E-state index contributed by atoms with van der Waals surface area (Å²) in [5.74, 6) is 0. The van der Waals surface area contributed by atoms with E-state index in [2.05, 4.69) is 5.32 Å². The first-order valence-corrected chi connectivity index (χ1v) is 6.69. The summed E-state index contributed by atoms with van der Waals surface area (Å²) in [7, 11) is 0. The molecule has 0 radical (unpaired) electrons. The van der Waals surface area contributed by atoms with Crippen LogP contribution < -0.4 is 5.32 Å². The SMILES string of the molecule is CC1NCC2(CCN(C(=O)OC(C)(C)C)CC2)O1. The second kappa shape index (κ2) is 4.70. The summed E-state index contributed by atoms with van der Waals surface area (Å²) in [4.78, 5) is 13.7. The number of piperidine rings is 1. The zero-order valence-corrected chi connectivity index (χ0v) is 11.8. The van der Waals surface area contributed by atoms with E-state index in [4.69, 9.17) is 9.47 Å². The summed E-state index contributed by atoms with van der Waals surface area (Å²) in [6.07, 6.45) is 1.67. The Morgan fingerprint density at radius 2 is 2.00 bits per heavy atom. The summed E-state index contributed by atoms with van der Waals surface area (Å²) in [5, 5.41) is 3.31. The van der Waals surface area contributed by atoms with E-state index in [9.17, 15) is 4.79 Å². The molecule has 1 amide bonds. The largest absolute Gasteiger partial charge is 0.444 e. The van der Waals surface area contributed by atoms with E-state index in [-0.39, 0.29) is 17.9 Å². The number of carbonyl (C=O) groups excluding carboxylic acids is 1. The molecule has 2 heterocycles. The van der Waals surface area contributed by atoms with Gasteiger partial charge in [0.05, 0.1) is 5.60 Å². The lowest BCUT2D eigenvalue weighted by atomic mass is 9.92. The Kier molecular flexibility index (Phi) is 3.56. The lowest BCUT2D eigenvalue weighted by Crippen LogP contribution is -2.49. The molecule has 2 rings (SSSR count). The van der Waals surface area contributed by atoms with Crippen molar-refractivity contribution in [1.82, 2.24) is 10.2 Å². The molecule has 1 atom stereocenters. The molecule has 1 unspecified atom stereocenters. The number of rotatable bonds is 0. The molecule has 104 valence electrons. The molecule has 0 aromatic carbocycles. The van der Waals surface area contributed by atoms with E-state index in [0.717, 1.165) is 19.4 Å². The van der Waals surface area contributed by atoms with Gasteiger partial charge in [-0.3, -0.25) is 5.32 Å². The van der Waals surface area contributed by atoms with Crippen LogP contribution in [0.1, 0.15) is 40.5 Å². The first-order valence-electron chi connectivity index (χ1n) is 6.69. The van der Waals surface area contributed by atoms with Crippen LogP contribution in [-0.4, -0.2) is 48.1 Å². The fourth-order valence-corrected chi connectivity index (χ4v) is 2.51. The van der Waals surface area contributed by atoms with Gasteiger partial charge in [0.25, 0.3) is 0 Å². The van der Waals surface area contributed by atoms with Crippen molar-refractivity contribution in [3.05, 3.63) is 0 Å². The monoisotopic (exact) mass is 256 g/mol. The van der Waals surface area contributed by atoms with Gasteiger partial charge in [-0.05, 0) is 40.5 Å². The Hall–Kier alpha value is -0.810. The first-order chi connectivity index (χ1) is 8.30. The van der Waals surface area contributed by atoms with Crippen LogP contribution in [0.25, 0.3) is 0 Å². The highest BCUT2D eigenvalue weighted by atomic mass is 16.6. The van der Waals surface area contributed by atoms with Gasteiger partial charge in [0.2, 0.25) is 0 Å². The van der Waals surface area contributed by atoms with E-state index in [1.54, 1.807) is 4.90 Å². The van der Waals surface area contributed by atoms with Crippen LogP contribution in [0.2, 0.25) is 0 Å². The van der Waals surface area contributed by atoms with Gasteiger partial charge in [0.15, 0.2) is 0 Å².